The van der Waals surface area contributed by atoms with Crippen molar-refractivity contribution in [3.63, 3.8) is 0 Å². The van der Waals surface area contributed by atoms with E-state index in [-0.39, 0.29) is 12.2 Å². The summed E-state index contributed by atoms with van der Waals surface area (Å²) in [6, 6.07) is 12.5. The highest BCUT2D eigenvalue weighted by atomic mass is 35.5. The second-order valence-corrected chi connectivity index (χ2v) is 4.41. The lowest BCUT2D eigenvalue weighted by Gasteiger charge is -2.07. The molecule has 20 heavy (non-hydrogen) atoms. The Balaban J connectivity index is 2.13. The molecule has 0 aromatic heterocycles. The average Bonchev–Trinajstić information content (AvgIpc) is 2.44. The number of rotatable bonds is 3. The Morgan fingerprint density at radius 2 is 1.90 bits per heavy atom. The zero-order valence-corrected chi connectivity index (χ0v) is 11.0. The van der Waals surface area contributed by atoms with Gasteiger partial charge in [0, 0.05) is 6.07 Å². The molecule has 0 heterocycles. The molecule has 0 bridgehead atoms. The van der Waals surface area contributed by atoms with E-state index in [1.165, 1.54) is 12.1 Å². The van der Waals surface area contributed by atoms with E-state index < -0.39 is 5.82 Å². The maximum Gasteiger partial charge on any atom is 0.124 e. The number of benzene rings is 2. The van der Waals surface area contributed by atoms with Crippen LogP contribution in [0.1, 0.15) is 16.7 Å². The molecule has 0 radical (unpaired) electrons. The average molecular weight is 287 g/mol. The third-order valence-corrected chi connectivity index (χ3v) is 2.87. The fraction of sp³-hybridized carbons (Fsp3) is 0.0667. The van der Waals surface area contributed by atoms with Crippen LogP contribution in [0, 0.1) is 28.5 Å². The van der Waals surface area contributed by atoms with Crippen molar-refractivity contribution in [2.75, 3.05) is 0 Å². The highest BCUT2D eigenvalue weighted by Crippen LogP contribution is 2.22. The highest BCUT2D eigenvalue weighted by Gasteiger charge is 2.04. The Morgan fingerprint density at radius 3 is 2.55 bits per heavy atom. The van der Waals surface area contributed by atoms with Crippen LogP contribution in [0.4, 0.5) is 4.39 Å². The van der Waals surface area contributed by atoms with Crippen LogP contribution < -0.4 is 4.74 Å². The van der Waals surface area contributed by atoms with E-state index in [9.17, 15) is 4.39 Å². The van der Waals surface area contributed by atoms with Crippen LogP contribution >= 0.6 is 11.6 Å². The molecule has 0 aliphatic heterocycles. The molecule has 0 atom stereocenters. The van der Waals surface area contributed by atoms with Crippen molar-refractivity contribution in [1.82, 2.24) is 0 Å². The van der Waals surface area contributed by atoms with Gasteiger partial charge in [0.25, 0.3) is 0 Å². The zero-order valence-electron chi connectivity index (χ0n) is 10.2. The largest absolute Gasteiger partial charge is 0.489 e. The van der Waals surface area contributed by atoms with E-state index in [0.717, 1.165) is 6.07 Å². The van der Waals surface area contributed by atoms with Crippen LogP contribution in [-0.4, -0.2) is 0 Å². The van der Waals surface area contributed by atoms with Gasteiger partial charge in [-0.1, -0.05) is 11.6 Å². The Bertz CT molecular complexity index is 732. The number of halogens is 2. The lowest BCUT2D eigenvalue weighted by atomic mass is 10.1. The van der Waals surface area contributed by atoms with Gasteiger partial charge in [0.15, 0.2) is 0 Å². The quantitative estimate of drug-likeness (QED) is 0.862. The highest BCUT2D eigenvalue weighted by molar-refractivity contribution is 6.31. The second-order valence-electron chi connectivity index (χ2n) is 4.00. The van der Waals surface area contributed by atoms with Crippen molar-refractivity contribution in [2.24, 2.45) is 0 Å². The third kappa shape index (κ3) is 3.26. The Labute approximate surface area is 120 Å². The smallest absolute Gasteiger partial charge is 0.124 e. The lowest BCUT2D eigenvalue weighted by Crippen LogP contribution is -1.97. The summed E-state index contributed by atoms with van der Waals surface area (Å²) in [5.74, 6) is -0.0164. The SMILES string of the molecule is N#Cc1cc(F)cc(COc2ccc(C#N)c(Cl)c2)c1. The van der Waals surface area contributed by atoms with Gasteiger partial charge in [-0.25, -0.2) is 4.39 Å². The fourth-order valence-electron chi connectivity index (χ4n) is 1.64. The predicted octanol–water partition coefficient (Wildman–Crippen LogP) is 3.80. The summed E-state index contributed by atoms with van der Waals surface area (Å²) in [7, 11) is 0. The van der Waals surface area contributed by atoms with Gasteiger partial charge in [0.05, 0.1) is 22.2 Å². The summed E-state index contributed by atoms with van der Waals surface area (Å²) < 4.78 is 18.7. The Hall–Kier alpha value is -2.56. The first kappa shape index (κ1) is 13.9. The first-order valence-corrected chi connectivity index (χ1v) is 6.02. The minimum absolute atomic E-state index is 0.106. The summed E-state index contributed by atoms with van der Waals surface area (Å²) in [5.41, 5.74) is 1.14. The van der Waals surface area contributed by atoms with Crippen LogP contribution in [0.15, 0.2) is 36.4 Å². The fourth-order valence-corrected chi connectivity index (χ4v) is 1.85. The molecular formula is C15H8ClFN2O. The number of hydrogen-bond donors (Lipinski definition) is 0. The molecule has 5 heteroatoms. The Morgan fingerprint density at radius 1 is 1.10 bits per heavy atom. The van der Waals surface area contributed by atoms with Crippen LogP contribution in [0.5, 0.6) is 5.75 Å². The van der Waals surface area contributed by atoms with Gasteiger partial charge in [-0.05, 0) is 35.9 Å². The van der Waals surface area contributed by atoms with Crippen molar-refractivity contribution in [1.29, 1.82) is 10.5 Å². The van der Waals surface area contributed by atoms with Crippen molar-refractivity contribution in [3.8, 4) is 17.9 Å². The van der Waals surface area contributed by atoms with E-state index in [0.29, 0.717) is 21.9 Å². The first-order chi connectivity index (χ1) is 9.62. The molecule has 2 aromatic carbocycles. The monoisotopic (exact) mass is 286 g/mol. The van der Waals surface area contributed by atoms with Crippen LogP contribution in [0.2, 0.25) is 5.02 Å². The molecule has 98 valence electrons. The van der Waals surface area contributed by atoms with Crippen molar-refractivity contribution >= 4 is 11.6 Å². The molecular weight excluding hydrogens is 279 g/mol. The molecule has 0 spiro atoms. The van der Waals surface area contributed by atoms with Gasteiger partial charge >= 0.3 is 0 Å². The summed E-state index contributed by atoms with van der Waals surface area (Å²) in [5, 5.41) is 17.8. The molecule has 2 aromatic rings. The molecule has 0 fully saturated rings. The molecule has 0 amide bonds. The van der Waals surface area contributed by atoms with Crippen LogP contribution in [0.25, 0.3) is 0 Å². The standard InChI is InChI=1S/C15H8ClFN2O/c16-15-6-14(2-1-12(15)8-19)20-9-11-3-10(7-18)4-13(17)5-11/h1-6H,9H2. The lowest BCUT2D eigenvalue weighted by molar-refractivity contribution is 0.305. The number of ether oxygens (including phenoxy) is 1. The minimum atomic E-state index is -0.486. The van der Waals surface area contributed by atoms with Crippen molar-refractivity contribution in [3.05, 3.63) is 63.9 Å². The van der Waals surface area contributed by atoms with E-state index in [1.807, 2.05) is 12.1 Å². The van der Waals surface area contributed by atoms with E-state index >= 15 is 0 Å². The third-order valence-electron chi connectivity index (χ3n) is 2.55. The maximum absolute atomic E-state index is 13.2. The van der Waals surface area contributed by atoms with E-state index in [4.69, 9.17) is 26.9 Å². The molecule has 0 aliphatic rings. The van der Waals surface area contributed by atoms with Crippen molar-refractivity contribution in [2.45, 2.75) is 6.61 Å². The molecule has 0 saturated carbocycles. The van der Waals surface area contributed by atoms with Gasteiger partial charge in [-0.3, -0.25) is 0 Å². The van der Waals surface area contributed by atoms with Gasteiger partial charge in [-0.2, -0.15) is 10.5 Å². The molecule has 0 saturated heterocycles. The summed E-state index contributed by atoms with van der Waals surface area (Å²) in [6.07, 6.45) is 0. The normalized spacial score (nSPS) is 9.60. The zero-order chi connectivity index (χ0) is 14.5. The summed E-state index contributed by atoms with van der Waals surface area (Å²) in [6.45, 7) is 0.106. The first-order valence-electron chi connectivity index (χ1n) is 5.64. The van der Waals surface area contributed by atoms with Crippen LogP contribution in [-0.2, 0) is 6.61 Å². The minimum Gasteiger partial charge on any atom is -0.489 e. The van der Waals surface area contributed by atoms with Gasteiger partial charge in [0.1, 0.15) is 24.2 Å². The molecule has 0 aliphatic carbocycles. The molecule has 3 nitrogen and oxygen atoms in total. The molecule has 0 unspecified atom stereocenters. The predicted molar refractivity (Wildman–Crippen MR) is 71.6 cm³/mol. The summed E-state index contributed by atoms with van der Waals surface area (Å²) in [4.78, 5) is 0. The Kier molecular flexibility index (Phi) is 4.20. The van der Waals surface area contributed by atoms with Gasteiger partial charge in [-0.15, -0.1) is 0 Å². The topological polar surface area (TPSA) is 56.8 Å². The van der Waals surface area contributed by atoms with E-state index in [2.05, 4.69) is 0 Å². The van der Waals surface area contributed by atoms with Gasteiger partial charge < -0.3 is 4.74 Å². The molecule has 2 rings (SSSR count). The number of hydrogen-bond acceptors (Lipinski definition) is 3. The van der Waals surface area contributed by atoms with Crippen LogP contribution in [0.3, 0.4) is 0 Å². The number of nitriles is 2. The van der Waals surface area contributed by atoms with E-state index in [1.54, 1.807) is 18.2 Å². The maximum atomic E-state index is 13.2. The molecule has 0 N–H and O–H groups in total. The number of nitrogens with zero attached hydrogens (tertiary/aromatic N) is 2. The van der Waals surface area contributed by atoms with Gasteiger partial charge in [0.2, 0.25) is 0 Å². The summed E-state index contributed by atoms with van der Waals surface area (Å²) >= 11 is 5.88. The second kappa shape index (κ2) is 6.06. The van der Waals surface area contributed by atoms with Crippen molar-refractivity contribution < 1.29 is 9.13 Å².